The Labute approximate surface area is 136 Å². The Morgan fingerprint density at radius 1 is 1.48 bits per heavy atom. The molecule has 0 aliphatic carbocycles. The van der Waals surface area contributed by atoms with E-state index in [-0.39, 0.29) is 17.8 Å². The molecule has 1 unspecified atom stereocenters. The van der Waals surface area contributed by atoms with Gasteiger partial charge in [0, 0.05) is 26.2 Å². The van der Waals surface area contributed by atoms with E-state index in [4.69, 9.17) is 10.9 Å². The minimum absolute atomic E-state index is 0.0740. The lowest BCUT2D eigenvalue weighted by atomic mass is 10.2. The van der Waals surface area contributed by atoms with Crippen LogP contribution in [0.25, 0.3) is 0 Å². The van der Waals surface area contributed by atoms with Crippen molar-refractivity contribution in [3.63, 3.8) is 0 Å². The molecule has 2 rings (SSSR count). The van der Waals surface area contributed by atoms with Crippen LogP contribution in [-0.4, -0.2) is 59.0 Å². The Morgan fingerprint density at radius 2 is 2.10 bits per heavy atom. The SMILES string of the molecule is Cc1cc(C(=O)N2CCN(C(C)C(N)=NO)CC2)sc1Br. The van der Waals surface area contributed by atoms with Gasteiger partial charge in [0.1, 0.15) is 0 Å². The van der Waals surface area contributed by atoms with Crippen molar-refractivity contribution in [3.05, 3.63) is 20.3 Å². The van der Waals surface area contributed by atoms with Crippen molar-refractivity contribution in [1.82, 2.24) is 9.80 Å². The van der Waals surface area contributed by atoms with Crippen molar-refractivity contribution in [2.45, 2.75) is 19.9 Å². The molecule has 6 nitrogen and oxygen atoms in total. The minimum Gasteiger partial charge on any atom is -0.409 e. The van der Waals surface area contributed by atoms with Gasteiger partial charge in [-0.3, -0.25) is 9.69 Å². The van der Waals surface area contributed by atoms with E-state index in [9.17, 15) is 4.79 Å². The van der Waals surface area contributed by atoms with Crippen molar-refractivity contribution in [3.8, 4) is 0 Å². The number of carbonyl (C=O) groups excluding carboxylic acids is 1. The summed E-state index contributed by atoms with van der Waals surface area (Å²) in [5.41, 5.74) is 6.71. The van der Waals surface area contributed by atoms with Crippen molar-refractivity contribution in [2.75, 3.05) is 26.2 Å². The Balaban J connectivity index is 1.96. The lowest BCUT2D eigenvalue weighted by molar-refractivity contribution is 0.0623. The van der Waals surface area contributed by atoms with Gasteiger partial charge in [0.05, 0.1) is 14.7 Å². The quantitative estimate of drug-likeness (QED) is 0.365. The van der Waals surface area contributed by atoms with E-state index < -0.39 is 0 Å². The first-order chi connectivity index (χ1) is 9.93. The number of hydrogen-bond acceptors (Lipinski definition) is 5. The van der Waals surface area contributed by atoms with Gasteiger partial charge in [-0.05, 0) is 41.4 Å². The number of amidine groups is 1. The van der Waals surface area contributed by atoms with E-state index in [0.29, 0.717) is 26.2 Å². The third kappa shape index (κ3) is 3.56. The largest absolute Gasteiger partial charge is 0.409 e. The standard InChI is InChI=1S/C13H19BrN4O2S/c1-8-7-10(21-11(8)14)13(19)18-5-3-17(4-6-18)9(2)12(15)16-20/h7,9,20H,3-6H2,1-2H3,(H2,15,16). The van der Waals surface area contributed by atoms with Crippen LogP contribution in [0.4, 0.5) is 0 Å². The predicted molar refractivity (Wildman–Crippen MR) is 87.1 cm³/mol. The summed E-state index contributed by atoms with van der Waals surface area (Å²) in [6.45, 7) is 6.61. The molecule has 1 amide bonds. The van der Waals surface area contributed by atoms with Gasteiger partial charge < -0.3 is 15.8 Å². The van der Waals surface area contributed by atoms with Crippen LogP contribution in [0.5, 0.6) is 0 Å². The van der Waals surface area contributed by atoms with Gasteiger partial charge in [-0.15, -0.1) is 11.3 Å². The van der Waals surface area contributed by atoms with Crippen LogP contribution in [0.1, 0.15) is 22.2 Å². The van der Waals surface area contributed by atoms with Crippen LogP contribution in [0.15, 0.2) is 15.0 Å². The number of hydrogen-bond donors (Lipinski definition) is 2. The maximum Gasteiger partial charge on any atom is 0.264 e. The van der Waals surface area contributed by atoms with E-state index in [2.05, 4.69) is 26.0 Å². The summed E-state index contributed by atoms with van der Waals surface area (Å²) in [4.78, 5) is 17.2. The minimum atomic E-state index is -0.120. The first-order valence-corrected chi connectivity index (χ1v) is 8.31. The summed E-state index contributed by atoms with van der Waals surface area (Å²) >= 11 is 4.92. The number of piperazine rings is 1. The summed E-state index contributed by atoms with van der Waals surface area (Å²) in [5, 5.41) is 11.8. The predicted octanol–water partition coefficient (Wildman–Crippen LogP) is 1.71. The van der Waals surface area contributed by atoms with Crippen molar-refractivity contribution >= 4 is 39.0 Å². The zero-order valence-electron chi connectivity index (χ0n) is 12.0. The van der Waals surface area contributed by atoms with Crippen LogP contribution >= 0.6 is 27.3 Å². The van der Waals surface area contributed by atoms with Crippen molar-refractivity contribution < 1.29 is 10.0 Å². The number of aryl methyl sites for hydroxylation is 1. The molecular formula is C13H19BrN4O2S. The molecule has 0 radical (unpaired) electrons. The molecule has 8 heteroatoms. The third-order valence-corrected chi connectivity index (χ3v) is 5.89. The van der Waals surface area contributed by atoms with E-state index in [1.807, 2.05) is 24.8 Å². The Hall–Kier alpha value is -1.12. The lowest BCUT2D eigenvalue weighted by Crippen LogP contribution is -2.54. The summed E-state index contributed by atoms with van der Waals surface area (Å²) in [6, 6.07) is 1.80. The molecular weight excluding hydrogens is 356 g/mol. The van der Waals surface area contributed by atoms with Gasteiger partial charge in [0.2, 0.25) is 0 Å². The maximum absolute atomic E-state index is 12.4. The average Bonchev–Trinajstić information content (AvgIpc) is 2.84. The zero-order chi connectivity index (χ0) is 15.6. The molecule has 2 heterocycles. The van der Waals surface area contributed by atoms with Gasteiger partial charge in [0.25, 0.3) is 5.91 Å². The first kappa shape index (κ1) is 16.3. The maximum atomic E-state index is 12.4. The Morgan fingerprint density at radius 3 is 2.57 bits per heavy atom. The van der Waals surface area contributed by atoms with Gasteiger partial charge >= 0.3 is 0 Å². The van der Waals surface area contributed by atoms with E-state index in [1.54, 1.807) is 0 Å². The topological polar surface area (TPSA) is 82.2 Å². The molecule has 1 aliphatic heterocycles. The van der Waals surface area contributed by atoms with Crippen LogP contribution in [0.3, 0.4) is 0 Å². The molecule has 0 saturated carbocycles. The highest BCUT2D eigenvalue weighted by Gasteiger charge is 2.27. The number of halogens is 1. The second-order valence-electron chi connectivity index (χ2n) is 5.10. The molecule has 1 saturated heterocycles. The summed E-state index contributed by atoms with van der Waals surface area (Å²) in [6.07, 6.45) is 0. The smallest absolute Gasteiger partial charge is 0.264 e. The summed E-state index contributed by atoms with van der Waals surface area (Å²) < 4.78 is 1.00. The Kier molecular flexibility index (Phi) is 5.23. The first-order valence-electron chi connectivity index (χ1n) is 6.70. The molecule has 1 fully saturated rings. The van der Waals surface area contributed by atoms with Gasteiger partial charge in [0.15, 0.2) is 5.84 Å². The number of nitrogens with two attached hydrogens (primary N) is 1. The van der Waals surface area contributed by atoms with Crippen LogP contribution < -0.4 is 5.73 Å². The molecule has 21 heavy (non-hydrogen) atoms. The highest BCUT2D eigenvalue weighted by Crippen LogP contribution is 2.28. The van der Waals surface area contributed by atoms with Gasteiger partial charge in [-0.2, -0.15) is 0 Å². The van der Waals surface area contributed by atoms with E-state index in [1.165, 1.54) is 11.3 Å². The molecule has 0 aromatic carbocycles. The monoisotopic (exact) mass is 374 g/mol. The highest BCUT2D eigenvalue weighted by atomic mass is 79.9. The number of thiophene rings is 1. The van der Waals surface area contributed by atoms with Crippen LogP contribution in [-0.2, 0) is 0 Å². The number of amides is 1. The van der Waals surface area contributed by atoms with Gasteiger partial charge in [-0.25, -0.2) is 0 Å². The summed E-state index contributed by atoms with van der Waals surface area (Å²) in [7, 11) is 0. The van der Waals surface area contributed by atoms with E-state index in [0.717, 1.165) is 14.2 Å². The number of rotatable bonds is 3. The van der Waals surface area contributed by atoms with Crippen LogP contribution in [0, 0.1) is 6.92 Å². The second kappa shape index (κ2) is 6.76. The molecule has 0 bridgehead atoms. The zero-order valence-corrected chi connectivity index (χ0v) is 14.4. The molecule has 3 N–H and O–H groups in total. The third-order valence-electron chi connectivity index (χ3n) is 3.76. The van der Waals surface area contributed by atoms with Gasteiger partial charge in [-0.1, -0.05) is 5.16 Å². The number of carbonyl (C=O) groups is 1. The lowest BCUT2D eigenvalue weighted by Gasteiger charge is -2.37. The fourth-order valence-corrected chi connectivity index (χ4v) is 3.81. The molecule has 116 valence electrons. The molecule has 0 spiro atoms. The molecule has 1 aromatic rings. The average molecular weight is 375 g/mol. The number of nitrogens with zero attached hydrogens (tertiary/aromatic N) is 3. The van der Waals surface area contributed by atoms with Crippen molar-refractivity contribution in [2.24, 2.45) is 10.9 Å². The fraction of sp³-hybridized carbons (Fsp3) is 0.538. The molecule has 1 aromatic heterocycles. The molecule has 1 atom stereocenters. The normalized spacial score (nSPS) is 18.8. The second-order valence-corrected chi connectivity index (χ2v) is 7.47. The molecule has 1 aliphatic rings. The summed E-state index contributed by atoms with van der Waals surface area (Å²) in [5.74, 6) is 0.275. The van der Waals surface area contributed by atoms with Crippen LogP contribution in [0.2, 0.25) is 0 Å². The Bertz CT molecular complexity index is 533. The fourth-order valence-electron chi connectivity index (χ4n) is 2.30. The number of oxime groups is 1. The highest BCUT2D eigenvalue weighted by molar-refractivity contribution is 9.11. The van der Waals surface area contributed by atoms with Crippen molar-refractivity contribution in [1.29, 1.82) is 0 Å². The van der Waals surface area contributed by atoms with E-state index >= 15 is 0 Å².